The van der Waals surface area contributed by atoms with Crippen molar-refractivity contribution in [1.82, 2.24) is 9.80 Å². The van der Waals surface area contributed by atoms with Crippen LogP contribution in [0.3, 0.4) is 0 Å². The van der Waals surface area contributed by atoms with Crippen molar-refractivity contribution in [3.8, 4) is 11.5 Å². The van der Waals surface area contributed by atoms with Crippen LogP contribution in [-0.2, 0) is 16.1 Å². The molecule has 7 heteroatoms. The van der Waals surface area contributed by atoms with Gasteiger partial charge in [-0.2, -0.15) is 0 Å². The number of hydrogen-bond donors (Lipinski definition) is 1. The monoisotopic (exact) mass is 384 g/mol. The van der Waals surface area contributed by atoms with E-state index in [4.69, 9.17) is 9.47 Å². The molecular formula is C21H24N2O5. The van der Waals surface area contributed by atoms with Crippen LogP contribution in [-0.4, -0.2) is 60.6 Å². The zero-order valence-corrected chi connectivity index (χ0v) is 16.0. The van der Waals surface area contributed by atoms with Gasteiger partial charge in [-0.1, -0.05) is 30.3 Å². The zero-order valence-electron chi connectivity index (χ0n) is 16.0. The molecule has 2 aromatic rings. The second kappa shape index (κ2) is 8.75. The summed E-state index contributed by atoms with van der Waals surface area (Å²) < 4.78 is 10.5. The smallest absolute Gasteiger partial charge is 0.325 e. The Labute approximate surface area is 164 Å². The van der Waals surface area contributed by atoms with E-state index in [0.717, 1.165) is 11.3 Å². The van der Waals surface area contributed by atoms with Crippen molar-refractivity contribution in [1.29, 1.82) is 0 Å². The van der Waals surface area contributed by atoms with Crippen molar-refractivity contribution in [2.24, 2.45) is 0 Å². The predicted octanol–water partition coefficient (Wildman–Crippen LogP) is 2.17. The highest BCUT2D eigenvalue weighted by atomic mass is 16.5. The largest absolute Gasteiger partial charge is 0.497 e. The molecule has 7 nitrogen and oxygen atoms in total. The SMILES string of the molecule is COc1cccc(CN2CCN([C@@H](C(=O)O)c3ccccc3OC)CC2=O)c1. The number of methoxy groups -OCH3 is 2. The molecule has 1 fully saturated rings. The quantitative estimate of drug-likeness (QED) is 0.788. The average molecular weight is 384 g/mol. The molecule has 1 N–H and O–H groups in total. The molecule has 1 atom stereocenters. The number of nitrogens with zero attached hydrogens (tertiary/aromatic N) is 2. The number of amides is 1. The lowest BCUT2D eigenvalue weighted by atomic mass is 10.0. The molecule has 3 rings (SSSR count). The minimum absolute atomic E-state index is 0.0407. The molecule has 0 saturated carbocycles. The van der Waals surface area contributed by atoms with Gasteiger partial charge in [0.1, 0.15) is 17.5 Å². The van der Waals surface area contributed by atoms with Gasteiger partial charge in [-0.05, 0) is 23.8 Å². The van der Waals surface area contributed by atoms with E-state index in [1.54, 1.807) is 41.2 Å². The van der Waals surface area contributed by atoms with E-state index in [0.29, 0.717) is 30.9 Å². The van der Waals surface area contributed by atoms with Gasteiger partial charge in [0.2, 0.25) is 5.91 Å². The molecule has 1 saturated heterocycles. The average Bonchev–Trinajstić information content (AvgIpc) is 2.70. The van der Waals surface area contributed by atoms with Crippen molar-refractivity contribution in [2.75, 3.05) is 33.9 Å². The van der Waals surface area contributed by atoms with Crippen LogP contribution in [0.1, 0.15) is 17.2 Å². The second-order valence-corrected chi connectivity index (χ2v) is 6.62. The van der Waals surface area contributed by atoms with Gasteiger partial charge in [-0.3, -0.25) is 14.5 Å². The molecule has 148 valence electrons. The lowest BCUT2D eigenvalue weighted by Gasteiger charge is -2.37. The number of benzene rings is 2. The van der Waals surface area contributed by atoms with E-state index in [1.807, 2.05) is 24.3 Å². The van der Waals surface area contributed by atoms with E-state index in [9.17, 15) is 14.7 Å². The Hall–Kier alpha value is -3.06. The molecule has 0 radical (unpaired) electrons. The van der Waals surface area contributed by atoms with Crippen LogP contribution in [0.4, 0.5) is 0 Å². The number of carbonyl (C=O) groups is 2. The minimum Gasteiger partial charge on any atom is -0.497 e. The molecule has 0 aromatic heterocycles. The molecule has 0 aliphatic carbocycles. The van der Waals surface area contributed by atoms with Crippen LogP contribution < -0.4 is 9.47 Å². The fourth-order valence-corrected chi connectivity index (χ4v) is 3.48. The maximum atomic E-state index is 12.7. The topological polar surface area (TPSA) is 79.3 Å². The third kappa shape index (κ3) is 4.26. The number of carboxylic acid groups (broad SMARTS) is 1. The Kier molecular flexibility index (Phi) is 6.16. The van der Waals surface area contributed by atoms with Crippen LogP contribution in [0, 0.1) is 0 Å². The number of aliphatic carboxylic acids is 1. The van der Waals surface area contributed by atoms with Crippen LogP contribution in [0.15, 0.2) is 48.5 Å². The van der Waals surface area contributed by atoms with Gasteiger partial charge < -0.3 is 19.5 Å². The molecule has 1 heterocycles. The Morgan fingerprint density at radius 1 is 1.11 bits per heavy atom. The molecule has 0 spiro atoms. The highest BCUT2D eigenvalue weighted by Crippen LogP contribution is 2.30. The number of hydrogen-bond acceptors (Lipinski definition) is 5. The summed E-state index contributed by atoms with van der Waals surface area (Å²) >= 11 is 0. The highest BCUT2D eigenvalue weighted by molar-refractivity contribution is 5.82. The van der Waals surface area contributed by atoms with Gasteiger partial charge in [-0.25, -0.2) is 0 Å². The van der Waals surface area contributed by atoms with Crippen molar-refractivity contribution in [3.05, 3.63) is 59.7 Å². The summed E-state index contributed by atoms with van der Waals surface area (Å²) in [6, 6.07) is 13.7. The summed E-state index contributed by atoms with van der Waals surface area (Å²) in [6.45, 7) is 1.43. The fraction of sp³-hybridized carbons (Fsp3) is 0.333. The first-order chi connectivity index (χ1) is 13.5. The number of ether oxygens (including phenoxy) is 2. The Bertz CT molecular complexity index is 854. The maximum absolute atomic E-state index is 12.7. The number of para-hydroxylation sites is 1. The first-order valence-corrected chi connectivity index (χ1v) is 9.04. The van der Waals surface area contributed by atoms with Crippen molar-refractivity contribution in [3.63, 3.8) is 0 Å². The van der Waals surface area contributed by atoms with Crippen molar-refractivity contribution < 1.29 is 24.2 Å². The van der Waals surface area contributed by atoms with E-state index in [2.05, 4.69) is 0 Å². The third-order valence-electron chi connectivity index (χ3n) is 4.89. The Morgan fingerprint density at radius 3 is 2.57 bits per heavy atom. The molecule has 0 unspecified atom stereocenters. The fourth-order valence-electron chi connectivity index (χ4n) is 3.48. The Morgan fingerprint density at radius 2 is 1.89 bits per heavy atom. The molecule has 0 bridgehead atoms. The second-order valence-electron chi connectivity index (χ2n) is 6.62. The van der Waals surface area contributed by atoms with E-state index < -0.39 is 12.0 Å². The standard InChI is InChI=1S/C21H24N2O5/c1-27-16-7-5-6-15(12-16)13-22-10-11-23(14-19(22)24)20(21(25)26)17-8-3-4-9-18(17)28-2/h3-9,12,20H,10-11,13-14H2,1-2H3,(H,25,26)/t20-/m1/s1. The Balaban J connectivity index is 1.74. The first kappa shape index (κ1) is 19.7. The lowest BCUT2D eigenvalue weighted by molar-refractivity contribution is -0.148. The van der Waals surface area contributed by atoms with E-state index >= 15 is 0 Å². The van der Waals surface area contributed by atoms with Gasteiger partial charge in [-0.15, -0.1) is 0 Å². The van der Waals surface area contributed by atoms with Crippen LogP contribution >= 0.6 is 0 Å². The van der Waals surface area contributed by atoms with Crippen LogP contribution in [0.2, 0.25) is 0 Å². The number of rotatable bonds is 7. The number of piperazine rings is 1. The first-order valence-electron chi connectivity index (χ1n) is 9.04. The molecule has 1 aliphatic rings. The van der Waals surface area contributed by atoms with Crippen molar-refractivity contribution >= 4 is 11.9 Å². The van der Waals surface area contributed by atoms with Crippen LogP contribution in [0.5, 0.6) is 11.5 Å². The van der Waals surface area contributed by atoms with Crippen LogP contribution in [0.25, 0.3) is 0 Å². The molecule has 2 aromatic carbocycles. The molecule has 28 heavy (non-hydrogen) atoms. The predicted molar refractivity (Wildman–Crippen MR) is 103 cm³/mol. The molecule has 1 amide bonds. The summed E-state index contributed by atoms with van der Waals surface area (Å²) in [5.74, 6) is 0.139. The summed E-state index contributed by atoms with van der Waals surface area (Å²) in [4.78, 5) is 28.1. The minimum atomic E-state index is -1.00. The van der Waals surface area contributed by atoms with Gasteiger partial charge in [0, 0.05) is 25.2 Å². The lowest BCUT2D eigenvalue weighted by Crippen LogP contribution is -2.52. The summed E-state index contributed by atoms with van der Waals surface area (Å²) in [6.07, 6.45) is 0. The van der Waals surface area contributed by atoms with Gasteiger partial charge in [0.05, 0.1) is 20.8 Å². The number of carboxylic acids is 1. The van der Waals surface area contributed by atoms with E-state index in [-0.39, 0.29) is 12.5 Å². The maximum Gasteiger partial charge on any atom is 0.325 e. The number of carbonyl (C=O) groups excluding carboxylic acids is 1. The summed E-state index contributed by atoms with van der Waals surface area (Å²) in [5.41, 5.74) is 1.52. The molecular weight excluding hydrogens is 360 g/mol. The van der Waals surface area contributed by atoms with Gasteiger partial charge >= 0.3 is 5.97 Å². The summed E-state index contributed by atoms with van der Waals surface area (Å²) in [5, 5.41) is 9.81. The summed E-state index contributed by atoms with van der Waals surface area (Å²) in [7, 11) is 3.11. The van der Waals surface area contributed by atoms with E-state index in [1.165, 1.54) is 7.11 Å². The highest BCUT2D eigenvalue weighted by Gasteiger charge is 2.35. The zero-order chi connectivity index (χ0) is 20.1. The third-order valence-corrected chi connectivity index (χ3v) is 4.89. The van der Waals surface area contributed by atoms with Gasteiger partial charge in [0.25, 0.3) is 0 Å². The normalized spacial score (nSPS) is 15.9. The molecule has 1 aliphatic heterocycles. The van der Waals surface area contributed by atoms with Gasteiger partial charge in [0.15, 0.2) is 0 Å². The van der Waals surface area contributed by atoms with Crippen molar-refractivity contribution in [2.45, 2.75) is 12.6 Å².